The number of benzene rings is 1. The van der Waals surface area contributed by atoms with Crippen molar-refractivity contribution in [1.29, 1.82) is 0 Å². The molecule has 2 rings (SSSR count). The minimum absolute atomic E-state index is 0.445. The predicted molar refractivity (Wildman–Crippen MR) is 74.1 cm³/mol. The number of nitrogens with zero attached hydrogens (tertiary/aromatic N) is 2. The van der Waals surface area contributed by atoms with Gasteiger partial charge in [-0.15, -0.1) is 0 Å². The van der Waals surface area contributed by atoms with Crippen LogP contribution < -0.4 is 5.73 Å². The number of nitrogens with two attached hydrogens (primary N) is 1. The highest BCUT2D eigenvalue weighted by Crippen LogP contribution is 2.13. The molecule has 94 valence electrons. The van der Waals surface area contributed by atoms with Crippen molar-refractivity contribution in [3.63, 3.8) is 0 Å². The standard InChI is InChI=1S/C13H14BrN3O/c1-18-8-11-7-12(15)17-13(16-11)6-9-2-4-10(14)5-3-9/h2-5,7H,6,8H2,1H3,(H2,15,16,17). The Hall–Kier alpha value is -1.46. The van der Waals surface area contributed by atoms with E-state index in [1.54, 1.807) is 13.2 Å². The smallest absolute Gasteiger partial charge is 0.135 e. The second kappa shape index (κ2) is 5.93. The van der Waals surface area contributed by atoms with Crippen LogP contribution in [0.15, 0.2) is 34.8 Å². The van der Waals surface area contributed by atoms with Crippen molar-refractivity contribution in [2.24, 2.45) is 0 Å². The third kappa shape index (κ3) is 3.51. The zero-order chi connectivity index (χ0) is 13.0. The Labute approximate surface area is 114 Å². The van der Waals surface area contributed by atoms with Crippen LogP contribution in [0.4, 0.5) is 5.82 Å². The highest BCUT2D eigenvalue weighted by molar-refractivity contribution is 9.10. The summed E-state index contributed by atoms with van der Waals surface area (Å²) in [6.45, 7) is 0.445. The molecule has 0 radical (unpaired) electrons. The third-order valence-electron chi connectivity index (χ3n) is 2.41. The summed E-state index contributed by atoms with van der Waals surface area (Å²) < 4.78 is 6.11. The molecule has 0 spiro atoms. The molecule has 0 amide bonds. The van der Waals surface area contributed by atoms with Gasteiger partial charge in [0.05, 0.1) is 12.3 Å². The maximum atomic E-state index is 5.75. The van der Waals surface area contributed by atoms with Crippen molar-refractivity contribution in [1.82, 2.24) is 9.97 Å². The Morgan fingerprint density at radius 3 is 2.61 bits per heavy atom. The molecular formula is C13H14BrN3O. The molecule has 0 aliphatic heterocycles. The number of hydrogen-bond acceptors (Lipinski definition) is 4. The van der Waals surface area contributed by atoms with Crippen molar-refractivity contribution in [3.05, 3.63) is 51.9 Å². The van der Waals surface area contributed by atoms with E-state index in [-0.39, 0.29) is 0 Å². The number of anilines is 1. The van der Waals surface area contributed by atoms with Crippen LogP contribution in [0.5, 0.6) is 0 Å². The first kappa shape index (κ1) is 13.0. The molecule has 4 nitrogen and oxygen atoms in total. The van der Waals surface area contributed by atoms with Gasteiger partial charge in [0.25, 0.3) is 0 Å². The fourth-order valence-electron chi connectivity index (χ4n) is 1.66. The molecular weight excluding hydrogens is 294 g/mol. The number of ether oxygens (including phenoxy) is 1. The molecule has 2 N–H and O–H groups in total. The summed E-state index contributed by atoms with van der Waals surface area (Å²) in [7, 11) is 1.63. The molecule has 0 saturated carbocycles. The number of methoxy groups -OCH3 is 1. The molecule has 1 aromatic heterocycles. The van der Waals surface area contributed by atoms with Crippen LogP contribution in [0.2, 0.25) is 0 Å². The van der Waals surface area contributed by atoms with Gasteiger partial charge in [-0.1, -0.05) is 28.1 Å². The lowest BCUT2D eigenvalue weighted by molar-refractivity contribution is 0.181. The second-order valence-electron chi connectivity index (χ2n) is 3.94. The molecule has 0 saturated heterocycles. The Morgan fingerprint density at radius 1 is 1.22 bits per heavy atom. The van der Waals surface area contributed by atoms with E-state index in [1.165, 1.54) is 0 Å². The fraction of sp³-hybridized carbons (Fsp3) is 0.231. The van der Waals surface area contributed by atoms with E-state index in [0.29, 0.717) is 24.7 Å². The first-order valence-electron chi connectivity index (χ1n) is 5.53. The zero-order valence-corrected chi connectivity index (χ0v) is 11.6. The number of aromatic nitrogens is 2. The third-order valence-corrected chi connectivity index (χ3v) is 2.94. The van der Waals surface area contributed by atoms with Crippen molar-refractivity contribution in [2.75, 3.05) is 12.8 Å². The van der Waals surface area contributed by atoms with Gasteiger partial charge in [0, 0.05) is 24.1 Å². The summed E-state index contributed by atoms with van der Waals surface area (Å²) in [5.41, 5.74) is 7.70. The normalized spacial score (nSPS) is 10.6. The Bertz CT molecular complexity index is 528. The number of rotatable bonds is 4. The van der Waals surface area contributed by atoms with Gasteiger partial charge in [0.1, 0.15) is 11.6 Å². The summed E-state index contributed by atoms with van der Waals surface area (Å²) in [5, 5.41) is 0. The van der Waals surface area contributed by atoms with E-state index in [0.717, 1.165) is 15.7 Å². The van der Waals surface area contributed by atoms with Gasteiger partial charge in [-0.05, 0) is 17.7 Å². The van der Waals surface area contributed by atoms with Gasteiger partial charge in [0.15, 0.2) is 0 Å². The molecule has 0 atom stereocenters. The van der Waals surface area contributed by atoms with Crippen molar-refractivity contribution in [3.8, 4) is 0 Å². The summed E-state index contributed by atoms with van der Waals surface area (Å²) in [4.78, 5) is 8.65. The largest absolute Gasteiger partial charge is 0.384 e. The quantitative estimate of drug-likeness (QED) is 0.943. The molecule has 0 bridgehead atoms. The highest BCUT2D eigenvalue weighted by Gasteiger charge is 2.04. The molecule has 0 fully saturated rings. The Balaban J connectivity index is 2.20. The van der Waals surface area contributed by atoms with Crippen LogP contribution in [-0.4, -0.2) is 17.1 Å². The first-order chi connectivity index (χ1) is 8.67. The van der Waals surface area contributed by atoms with Gasteiger partial charge in [0.2, 0.25) is 0 Å². The summed E-state index contributed by atoms with van der Waals surface area (Å²) in [5.74, 6) is 1.19. The maximum Gasteiger partial charge on any atom is 0.135 e. The van der Waals surface area contributed by atoms with Gasteiger partial charge in [-0.3, -0.25) is 0 Å². The monoisotopic (exact) mass is 307 g/mol. The average Bonchev–Trinajstić information content (AvgIpc) is 2.32. The van der Waals surface area contributed by atoms with E-state index in [1.807, 2.05) is 24.3 Å². The van der Waals surface area contributed by atoms with Crippen LogP contribution in [-0.2, 0) is 17.8 Å². The molecule has 5 heteroatoms. The number of hydrogen-bond donors (Lipinski definition) is 1. The van der Waals surface area contributed by atoms with Crippen LogP contribution in [0.1, 0.15) is 17.1 Å². The van der Waals surface area contributed by atoms with E-state index < -0.39 is 0 Å². The van der Waals surface area contributed by atoms with Crippen LogP contribution in [0.25, 0.3) is 0 Å². The lowest BCUT2D eigenvalue weighted by atomic mass is 10.1. The van der Waals surface area contributed by atoms with Gasteiger partial charge in [-0.2, -0.15) is 0 Å². The molecule has 2 aromatic rings. The topological polar surface area (TPSA) is 61.0 Å². The van der Waals surface area contributed by atoms with Gasteiger partial charge < -0.3 is 10.5 Å². The molecule has 1 aromatic carbocycles. The minimum Gasteiger partial charge on any atom is -0.384 e. The minimum atomic E-state index is 0.445. The SMILES string of the molecule is COCc1cc(N)nc(Cc2ccc(Br)cc2)n1. The Morgan fingerprint density at radius 2 is 1.94 bits per heavy atom. The zero-order valence-electron chi connectivity index (χ0n) is 10.1. The van der Waals surface area contributed by atoms with Crippen LogP contribution >= 0.6 is 15.9 Å². The van der Waals surface area contributed by atoms with E-state index in [4.69, 9.17) is 10.5 Å². The van der Waals surface area contributed by atoms with Crippen molar-refractivity contribution in [2.45, 2.75) is 13.0 Å². The summed E-state index contributed by atoms with van der Waals surface area (Å²) >= 11 is 3.41. The van der Waals surface area contributed by atoms with Crippen LogP contribution in [0, 0.1) is 0 Å². The number of nitrogen functional groups attached to an aromatic ring is 1. The maximum absolute atomic E-state index is 5.75. The number of halogens is 1. The van der Waals surface area contributed by atoms with Crippen LogP contribution in [0.3, 0.4) is 0 Å². The molecule has 0 unspecified atom stereocenters. The first-order valence-corrected chi connectivity index (χ1v) is 6.32. The van der Waals surface area contributed by atoms with E-state index in [9.17, 15) is 0 Å². The average molecular weight is 308 g/mol. The molecule has 0 aliphatic rings. The lowest BCUT2D eigenvalue weighted by Gasteiger charge is -2.05. The van der Waals surface area contributed by atoms with Gasteiger partial charge >= 0.3 is 0 Å². The molecule has 18 heavy (non-hydrogen) atoms. The second-order valence-corrected chi connectivity index (χ2v) is 4.85. The predicted octanol–water partition coefficient (Wildman–Crippen LogP) is 2.56. The summed E-state index contributed by atoms with van der Waals surface area (Å²) in [6, 6.07) is 9.79. The molecule has 0 aliphatic carbocycles. The fourth-order valence-corrected chi connectivity index (χ4v) is 1.93. The highest BCUT2D eigenvalue weighted by atomic mass is 79.9. The van der Waals surface area contributed by atoms with Crippen molar-refractivity contribution < 1.29 is 4.74 Å². The summed E-state index contributed by atoms with van der Waals surface area (Å²) in [6.07, 6.45) is 0.662. The van der Waals surface area contributed by atoms with Crippen molar-refractivity contribution >= 4 is 21.7 Å². The lowest BCUT2D eigenvalue weighted by Crippen LogP contribution is -2.04. The van der Waals surface area contributed by atoms with E-state index in [2.05, 4.69) is 25.9 Å². The van der Waals surface area contributed by atoms with Gasteiger partial charge in [-0.25, -0.2) is 9.97 Å². The van der Waals surface area contributed by atoms with E-state index >= 15 is 0 Å². The molecule has 1 heterocycles. The Kier molecular flexibility index (Phi) is 4.28.